The Bertz CT molecular complexity index is 1510. The predicted molar refractivity (Wildman–Crippen MR) is 130 cm³/mol. The lowest BCUT2D eigenvalue weighted by Crippen LogP contribution is -2.69. The first-order valence-electron chi connectivity index (χ1n) is 12.6. The zero-order chi connectivity index (χ0) is 27.0. The summed E-state index contributed by atoms with van der Waals surface area (Å²) in [5, 5.41) is 48.4. The van der Waals surface area contributed by atoms with Crippen LogP contribution in [-0.2, 0) is 20.8 Å². The second kappa shape index (κ2) is 7.03. The van der Waals surface area contributed by atoms with Gasteiger partial charge in [-0.1, -0.05) is 12.2 Å². The summed E-state index contributed by atoms with van der Waals surface area (Å²) in [5.74, 6) is -7.78. The quantitative estimate of drug-likeness (QED) is 0.179. The first-order valence-corrected chi connectivity index (χ1v) is 12.6. The Morgan fingerprint density at radius 1 is 1.26 bits per heavy atom. The zero-order valence-electron chi connectivity index (χ0n) is 20.4. The molecule has 198 valence electrons. The van der Waals surface area contributed by atoms with Crippen LogP contribution in [0.1, 0.15) is 35.6 Å². The number of aliphatic hydroxyl groups excluding tert-OH is 2. The molecule has 1 spiro atoms. The van der Waals surface area contributed by atoms with Gasteiger partial charge in [0.1, 0.15) is 28.7 Å². The maximum Gasteiger partial charge on any atom is 0.255 e. The van der Waals surface area contributed by atoms with E-state index in [0.717, 1.165) is 13.0 Å². The molecule has 2 unspecified atom stereocenters. The fraction of sp³-hybridized carbons (Fsp3) is 0.444. The number of amides is 1. The first-order chi connectivity index (χ1) is 18.0. The topological polar surface area (TPSA) is 173 Å². The van der Waals surface area contributed by atoms with Crippen LogP contribution in [0, 0.1) is 29.0 Å². The van der Waals surface area contributed by atoms with Crippen molar-refractivity contribution in [2.75, 3.05) is 25.5 Å². The highest BCUT2D eigenvalue weighted by molar-refractivity contribution is 6.25. The third-order valence-electron chi connectivity index (χ3n) is 9.83. The van der Waals surface area contributed by atoms with Gasteiger partial charge in [0.25, 0.3) is 5.91 Å². The lowest BCUT2D eigenvalue weighted by Gasteiger charge is -2.59. The molecule has 6 aliphatic rings. The molecule has 0 radical (unpaired) electrons. The maximum atomic E-state index is 16.3. The second-order valence-electron chi connectivity index (χ2n) is 11.4. The number of aliphatic hydroxyl groups is 3. The van der Waals surface area contributed by atoms with E-state index in [0.29, 0.717) is 12.1 Å². The molecule has 7 rings (SSSR count). The highest BCUT2D eigenvalue weighted by atomic mass is 19.1. The summed E-state index contributed by atoms with van der Waals surface area (Å²) in [6, 6.07) is -0.254. The minimum absolute atomic E-state index is 0.0597. The monoisotopic (exact) mass is 523 g/mol. The Hall–Kier alpha value is -3.70. The molecule has 2 aliphatic heterocycles. The van der Waals surface area contributed by atoms with Gasteiger partial charge in [-0.25, -0.2) is 4.39 Å². The van der Waals surface area contributed by atoms with Crippen molar-refractivity contribution in [1.29, 1.82) is 0 Å². The van der Waals surface area contributed by atoms with E-state index in [-0.39, 0.29) is 47.2 Å². The largest absolute Gasteiger partial charge is 0.508 e. The molecule has 1 saturated heterocycles. The fourth-order valence-corrected chi connectivity index (χ4v) is 8.02. The number of benzene rings is 1. The smallest absolute Gasteiger partial charge is 0.255 e. The number of likely N-dealkylation sites (tertiary alicyclic amines) is 1. The summed E-state index contributed by atoms with van der Waals surface area (Å²) >= 11 is 0. The number of phenols is 1. The highest BCUT2D eigenvalue weighted by Gasteiger charge is 2.73. The molecule has 2 fully saturated rings. The average Bonchev–Trinajstić information content (AvgIpc) is 3.23. The standard InChI is InChI=1S/C27H26FN3O7/c1-31-5-3-9-8-30-18-15(19(9)31)17(28)11-6-10-7-26-4-2-12(26)20(32)16(25(29)37)24(36)27(26,38)23(35)13(10)21(33)14(11)22(18)34/h2,4,9-10,12,19,30,33-34,36,38H,3,5-8H2,1H3,(H2,29,37)/t9?,10-,12+,19?,26-,27-/m0/s1. The third-order valence-corrected chi connectivity index (χ3v) is 9.83. The van der Waals surface area contributed by atoms with Crippen LogP contribution >= 0.6 is 0 Å². The van der Waals surface area contributed by atoms with E-state index in [4.69, 9.17) is 5.73 Å². The van der Waals surface area contributed by atoms with Gasteiger partial charge in [-0.3, -0.25) is 19.3 Å². The maximum absolute atomic E-state index is 16.3. The summed E-state index contributed by atoms with van der Waals surface area (Å²) in [5.41, 5.74) is 0.137. The van der Waals surface area contributed by atoms with Crippen molar-refractivity contribution >= 4 is 28.9 Å². The van der Waals surface area contributed by atoms with Crippen molar-refractivity contribution in [3.05, 3.63) is 51.6 Å². The van der Waals surface area contributed by atoms with Crippen LogP contribution in [-0.4, -0.2) is 68.5 Å². The molecule has 11 heteroatoms. The molecule has 1 aromatic rings. The number of fused-ring (bicyclic) bond motifs is 5. The molecule has 1 amide bonds. The van der Waals surface area contributed by atoms with Gasteiger partial charge in [0.15, 0.2) is 11.4 Å². The number of allylic oxidation sites excluding steroid dienone is 1. The number of hydrogen-bond acceptors (Lipinski definition) is 9. The normalized spacial score (nSPS) is 36.9. The van der Waals surface area contributed by atoms with Crippen molar-refractivity contribution in [2.45, 2.75) is 30.9 Å². The molecular weight excluding hydrogens is 497 g/mol. The van der Waals surface area contributed by atoms with Crippen LogP contribution in [0.3, 0.4) is 0 Å². The van der Waals surface area contributed by atoms with Gasteiger partial charge >= 0.3 is 0 Å². The van der Waals surface area contributed by atoms with Crippen molar-refractivity contribution in [2.24, 2.45) is 28.9 Å². The van der Waals surface area contributed by atoms with Gasteiger partial charge in [0.05, 0.1) is 17.2 Å². The third kappa shape index (κ3) is 2.34. The summed E-state index contributed by atoms with van der Waals surface area (Å²) in [4.78, 5) is 41.0. The molecule has 7 N–H and O–H groups in total. The number of anilines is 1. The van der Waals surface area contributed by atoms with E-state index in [1.807, 2.05) is 11.9 Å². The minimum Gasteiger partial charge on any atom is -0.508 e. The molecule has 0 bridgehead atoms. The predicted octanol–water partition coefficient (Wildman–Crippen LogP) is 1.15. The van der Waals surface area contributed by atoms with E-state index in [1.165, 1.54) is 12.2 Å². The molecule has 6 atom stereocenters. The fourth-order valence-electron chi connectivity index (χ4n) is 8.02. The van der Waals surface area contributed by atoms with Crippen LogP contribution in [0.5, 0.6) is 5.75 Å². The Labute approximate surface area is 215 Å². The van der Waals surface area contributed by atoms with E-state index in [9.17, 15) is 34.8 Å². The number of aromatic hydroxyl groups is 1. The zero-order valence-corrected chi connectivity index (χ0v) is 20.4. The van der Waals surface area contributed by atoms with Gasteiger partial charge in [0, 0.05) is 34.7 Å². The number of phenolic OH excluding ortho intramolecular Hbond substituents is 1. The molecule has 0 aromatic heterocycles. The van der Waals surface area contributed by atoms with Gasteiger partial charge in [-0.2, -0.15) is 0 Å². The SMILES string of the molecule is CN1CCC2CNc3c(O)c4c(c(F)c3C21)C[C@H]1C[C@@]23C=C[C@@H]2C(=O)C(C(N)=O)=C(O)[C@@]3(O)C(=O)C1=C4O. The van der Waals surface area contributed by atoms with Crippen LogP contribution < -0.4 is 11.1 Å². The molecule has 1 aromatic carbocycles. The molecule has 4 aliphatic carbocycles. The highest BCUT2D eigenvalue weighted by Crippen LogP contribution is 2.65. The van der Waals surface area contributed by atoms with Gasteiger partial charge < -0.3 is 31.5 Å². The molecule has 2 heterocycles. The summed E-state index contributed by atoms with van der Waals surface area (Å²) in [6.45, 7) is 1.28. The lowest BCUT2D eigenvalue weighted by molar-refractivity contribution is -0.165. The number of nitrogens with one attached hydrogen (secondary N) is 1. The van der Waals surface area contributed by atoms with Gasteiger partial charge in [0.2, 0.25) is 5.78 Å². The number of carbonyl (C=O) groups excluding carboxylic acids is 3. The Balaban J connectivity index is 1.45. The Morgan fingerprint density at radius 2 is 2.00 bits per heavy atom. The number of Topliss-reactive ketones (excluding diaryl/α,β-unsaturated/α-hetero) is 2. The summed E-state index contributed by atoms with van der Waals surface area (Å²) in [7, 11) is 1.90. The van der Waals surface area contributed by atoms with Gasteiger partial charge in [-0.05, 0) is 44.7 Å². The van der Waals surface area contributed by atoms with E-state index in [2.05, 4.69) is 5.32 Å². The number of nitrogens with two attached hydrogens (primary N) is 1. The number of hydrogen-bond donors (Lipinski definition) is 6. The molecule has 1 saturated carbocycles. The number of rotatable bonds is 1. The Kier molecular flexibility index (Phi) is 4.33. The van der Waals surface area contributed by atoms with Crippen molar-refractivity contribution in [3.63, 3.8) is 0 Å². The van der Waals surface area contributed by atoms with Crippen LogP contribution in [0.15, 0.2) is 29.1 Å². The van der Waals surface area contributed by atoms with Crippen LogP contribution in [0.4, 0.5) is 10.1 Å². The van der Waals surface area contributed by atoms with E-state index in [1.54, 1.807) is 0 Å². The number of nitrogens with zero attached hydrogens (tertiary/aromatic N) is 1. The molecule has 38 heavy (non-hydrogen) atoms. The first kappa shape index (κ1) is 23.4. The molecular formula is C27H26FN3O7. The Morgan fingerprint density at radius 3 is 2.66 bits per heavy atom. The number of halogens is 1. The second-order valence-corrected chi connectivity index (χ2v) is 11.4. The van der Waals surface area contributed by atoms with Crippen LogP contribution in [0.2, 0.25) is 0 Å². The van der Waals surface area contributed by atoms with E-state index < -0.39 is 69.0 Å². The number of carbonyl (C=O) groups is 3. The minimum atomic E-state index is -2.73. The lowest BCUT2D eigenvalue weighted by atomic mass is 9.44. The number of ketones is 2. The average molecular weight is 524 g/mol. The summed E-state index contributed by atoms with van der Waals surface area (Å²) in [6.07, 6.45) is 3.59. The summed E-state index contributed by atoms with van der Waals surface area (Å²) < 4.78 is 16.3. The van der Waals surface area contributed by atoms with Crippen molar-refractivity contribution in [3.8, 4) is 5.75 Å². The van der Waals surface area contributed by atoms with E-state index >= 15 is 4.39 Å². The van der Waals surface area contributed by atoms with Gasteiger partial charge in [-0.15, -0.1) is 0 Å². The molecule has 10 nitrogen and oxygen atoms in total. The number of primary amides is 1. The van der Waals surface area contributed by atoms with Crippen molar-refractivity contribution in [1.82, 2.24) is 4.90 Å². The van der Waals surface area contributed by atoms with Crippen molar-refractivity contribution < 1.29 is 39.2 Å². The van der Waals surface area contributed by atoms with Crippen LogP contribution in [0.25, 0.3) is 5.76 Å².